The van der Waals surface area contributed by atoms with Gasteiger partial charge in [-0.2, -0.15) is 5.10 Å². The predicted molar refractivity (Wildman–Crippen MR) is 72.5 cm³/mol. The molecule has 1 aliphatic rings. The summed E-state index contributed by atoms with van der Waals surface area (Å²) in [5.41, 5.74) is 1.05. The lowest BCUT2D eigenvalue weighted by atomic mass is 10.2. The van der Waals surface area contributed by atoms with Gasteiger partial charge in [0.1, 0.15) is 11.6 Å². The third-order valence-corrected chi connectivity index (χ3v) is 3.12. The minimum absolute atomic E-state index is 0.360. The second-order valence-corrected chi connectivity index (χ2v) is 4.85. The largest absolute Gasteiger partial charge is 0.326 e. The van der Waals surface area contributed by atoms with Crippen LogP contribution in [0.2, 0.25) is 5.02 Å². The number of rotatable bonds is 3. The normalized spacial score (nSPS) is 14.2. The number of hydrogen-bond donors (Lipinski definition) is 3. The van der Waals surface area contributed by atoms with Crippen LogP contribution in [0.25, 0.3) is 0 Å². The number of halogens is 1. The van der Waals surface area contributed by atoms with E-state index in [9.17, 15) is 4.79 Å². The third-order valence-electron chi connectivity index (χ3n) is 2.89. The van der Waals surface area contributed by atoms with Crippen molar-refractivity contribution in [1.29, 1.82) is 0 Å². The van der Waals surface area contributed by atoms with Crippen LogP contribution in [0.15, 0.2) is 24.5 Å². The highest BCUT2D eigenvalue weighted by molar-refractivity contribution is 6.30. The summed E-state index contributed by atoms with van der Waals surface area (Å²) in [5, 5.41) is 12.6. The van der Waals surface area contributed by atoms with Crippen LogP contribution in [0, 0.1) is 0 Å². The van der Waals surface area contributed by atoms with Gasteiger partial charge >= 0.3 is 6.03 Å². The zero-order valence-corrected chi connectivity index (χ0v) is 10.7. The summed E-state index contributed by atoms with van der Waals surface area (Å²) in [6.45, 7) is 0. The smallest absolute Gasteiger partial charge is 0.292 e. The molecule has 0 bridgehead atoms. The van der Waals surface area contributed by atoms with Gasteiger partial charge in [0, 0.05) is 11.8 Å². The molecule has 0 saturated heterocycles. The molecular formula is C12H12ClN5O. The Morgan fingerprint density at radius 3 is 2.84 bits per heavy atom. The average molecular weight is 278 g/mol. The molecule has 1 saturated carbocycles. The van der Waals surface area contributed by atoms with E-state index in [1.807, 2.05) is 0 Å². The molecule has 1 aliphatic carbocycles. The number of pyridine rings is 1. The lowest BCUT2D eigenvalue weighted by molar-refractivity contribution is 0.262. The van der Waals surface area contributed by atoms with Crippen molar-refractivity contribution in [2.24, 2.45) is 0 Å². The number of H-pyrrole nitrogens is 1. The molecule has 0 aromatic carbocycles. The highest BCUT2D eigenvalue weighted by atomic mass is 35.5. The summed E-state index contributed by atoms with van der Waals surface area (Å²) < 4.78 is 0. The molecule has 3 rings (SSSR count). The monoisotopic (exact) mass is 277 g/mol. The Balaban J connectivity index is 1.64. The Bertz CT molecular complexity index is 590. The standard InChI is InChI=1S/C12H12ClN5O/c13-8-3-4-10(14-5-8)16-12(19)17-11-9(6-15-18-11)7-1-2-7/h3-7H,1-2H2,(H3,14,15,16,17,18,19). The number of urea groups is 1. The Labute approximate surface area is 114 Å². The van der Waals surface area contributed by atoms with Gasteiger partial charge in [-0.15, -0.1) is 0 Å². The van der Waals surface area contributed by atoms with Gasteiger partial charge in [-0.25, -0.2) is 9.78 Å². The Hall–Kier alpha value is -2.08. The summed E-state index contributed by atoms with van der Waals surface area (Å²) in [6, 6.07) is 2.94. The number of anilines is 2. The van der Waals surface area contributed by atoms with Gasteiger partial charge in [0.25, 0.3) is 0 Å². The molecule has 2 aromatic rings. The summed E-state index contributed by atoms with van der Waals surface area (Å²) in [4.78, 5) is 15.8. The molecule has 3 N–H and O–H groups in total. The molecule has 2 amide bonds. The van der Waals surface area contributed by atoms with Crippen molar-refractivity contribution in [3.63, 3.8) is 0 Å². The van der Waals surface area contributed by atoms with Crippen LogP contribution < -0.4 is 10.6 Å². The maximum atomic E-state index is 11.8. The van der Waals surface area contributed by atoms with Gasteiger partial charge in [-0.1, -0.05) is 11.6 Å². The Morgan fingerprint density at radius 2 is 2.16 bits per heavy atom. The molecule has 19 heavy (non-hydrogen) atoms. The molecule has 0 radical (unpaired) electrons. The molecule has 7 heteroatoms. The van der Waals surface area contributed by atoms with E-state index in [0.717, 1.165) is 18.4 Å². The fourth-order valence-electron chi connectivity index (χ4n) is 1.81. The summed E-state index contributed by atoms with van der Waals surface area (Å²) in [6.07, 6.45) is 5.53. The van der Waals surface area contributed by atoms with E-state index in [1.54, 1.807) is 18.3 Å². The van der Waals surface area contributed by atoms with Gasteiger partial charge < -0.3 is 0 Å². The topological polar surface area (TPSA) is 82.7 Å². The van der Waals surface area contributed by atoms with Crippen molar-refractivity contribution in [2.75, 3.05) is 10.6 Å². The molecule has 0 aliphatic heterocycles. The number of aromatic amines is 1. The first kappa shape index (κ1) is 12.0. The summed E-state index contributed by atoms with van der Waals surface area (Å²) in [7, 11) is 0. The highest BCUT2D eigenvalue weighted by Gasteiger charge is 2.28. The van der Waals surface area contributed by atoms with E-state index in [4.69, 9.17) is 11.6 Å². The average Bonchev–Trinajstić information content (AvgIpc) is 3.13. The minimum atomic E-state index is -0.360. The minimum Gasteiger partial charge on any atom is -0.292 e. The number of amides is 2. The second kappa shape index (κ2) is 4.89. The fraction of sp³-hybridized carbons (Fsp3) is 0.250. The lowest BCUT2D eigenvalue weighted by Crippen LogP contribution is -2.20. The predicted octanol–water partition coefficient (Wildman–Crippen LogP) is 2.98. The van der Waals surface area contributed by atoms with Crippen molar-refractivity contribution < 1.29 is 4.79 Å². The van der Waals surface area contributed by atoms with Crippen LogP contribution in [0.1, 0.15) is 24.3 Å². The first-order valence-corrected chi connectivity index (χ1v) is 6.33. The molecule has 0 unspecified atom stereocenters. The molecule has 2 heterocycles. The Morgan fingerprint density at radius 1 is 1.32 bits per heavy atom. The van der Waals surface area contributed by atoms with Crippen molar-refractivity contribution in [3.8, 4) is 0 Å². The van der Waals surface area contributed by atoms with E-state index in [2.05, 4.69) is 25.8 Å². The van der Waals surface area contributed by atoms with E-state index < -0.39 is 0 Å². The maximum absolute atomic E-state index is 11.8. The van der Waals surface area contributed by atoms with Gasteiger partial charge in [-0.05, 0) is 30.9 Å². The molecule has 2 aromatic heterocycles. The van der Waals surface area contributed by atoms with Crippen LogP contribution in [-0.2, 0) is 0 Å². The number of carbonyl (C=O) groups excluding carboxylic acids is 1. The molecule has 98 valence electrons. The molecular weight excluding hydrogens is 266 g/mol. The highest BCUT2D eigenvalue weighted by Crippen LogP contribution is 2.42. The number of nitrogens with zero attached hydrogens (tertiary/aromatic N) is 2. The van der Waals surface area contributed by atoms with Crippen LogP contribution in [0.5, 0.6) is 0 Å². The number of nitrogens with one attached hydrogen (secondary N) is 3. The molecule has 0 spiro atoms. The van der Waals surface area contributed by atoms with Crippen LogP contribution in [0.4, 0.5) is 16.4 Å². The maximum Gasteiger partial charge on any atom is 0.326 e. The van der Waals surface area contributed by atoms with Gasteiger partial charge in [0.15, 0.2) is 0 Å². The first-order valence-electron chi connectivity index (χ1n) is 5.95. The van der Waals surface area contributed by atoms with Crippen molar-refractivity contribution >= 4 is 29.3 Å². The van der Waals surface area contributed by atoms with E-state index in [-0.39, 0.29) is 6.03 Å². The lowest BCUT2D eigenvalue weighted by Gasteiger charge is -2.06. The van der Waals surface area contributed by atoms with Gasteiger partial charge in [0.2, 0.25) is 0 Å². The van der Waals surface area contributed by atoms with Gasteiger partial charge in [0.05, 0.1) is 11.2 Å². The third kappa shape index (κ3) is 2.85. The zero-order chi connectivity index (χ0) is 13.2. The van der Waals surface area contributed by atoms with E-state index >= 15 is 0 Å². The van der Waals surface area contributed by atoms with Crippen molar-refractivity contribution in [1.82, 2.24) is 15.2 Å². The summed E-state index contributed by atoms with van der Waals surface area (Å²) in [5.74, 6) is 1.60. The van der Waals surface area contributed by atoms with Crippen molar-refractivity contribution in [2.45, 2.75) is 18.8 Å². The number of carbonyl (C=O) groups is 1. The molecule has 6 nitrogen and oxygen atoms in total. The quantitative estimate of drug-likeness (QED) is 0.806. The Kier molecular flexibility index (Phi) is 3.08. The van der Waals surface area contributed by atoms with Gasteiger partial charge in [-0.3, -0.25) is 15.7 Å². The zero-order valence-electron chi connectivity index (χ0n) is 9.98. The molecule has 0 atom stereocenters. The molecule has 1 fully saturated rings. The van der Waals surface area contributed by atoms with Crippen LogP contribution in [0.3, 0.4) is 0 Å². The fourth-order valence-corrected chi connectivity index (χ4v) is 1.92. The van der Waals surface area contributed by atoms with E-state index in [0.29, 0.717) is 22.6 Å². The van der Waals surface area contributed by atoms with Crippen molar-refractivity contribution in [3.05, 3.63) is 35.1 Å². The second-order valence-electron chi connectivity index (χ2n) is 4.42. The first-order chi connectivity index (χ1) is 9.22. The van der Waals surface area contributed by atoms with E-state index in [1.165, 1.54) is 6.20 Å². The number of hydrogen-bond acceptors (Lipinski definition) is 3. The summed E-state index contributed by atoms with van der Waals surface area (Å²) >= 11 is 5.72. The van der Waals surface area contributed by atoms with Crippen LogP contribution in [-0.4, -0.2) is 21.2 Å². The SMILES string of the molecule is O=C(Nc1ccc(Cl)cn1)Nc1[nH]ncc1C1CC1. The van der Waals surface area contributed by atoms with Crippen LogP contribution >= 0.6 is 11.6 Å². The number of aromatic nitrogens is 3.